The molecule has 1 aromatic carbocycles. The van der Waals surface area contributed by atoms with Crippen molar-refractivity contribution in [1.29, 1.82) is 0 Å². The van der Waals surface area contributed by atoms with Gasteiger partial charge in [-0.25, -0.2) is 18.4 Å². The van der Waals surface area contributed by atoms with Gasteiger partial charge in [-0.15, -0.1) is 0 Å². The number of sulfonamides is 1. The number of benzene rings is 1. The van der Waals surface area contributed by atoms with Crippen molar-refractivity contribution in [1.82, 2.24) is 14.3 Å². The fraction of sp³-hybridized carbons (Fsp3) is 0.412. The van der Waals surface area contributed by atoms with Crippen molar-refractivity contribution in [2.24, 2.45) is 0 Å². The van der Waals surface area contributed by atoms with Gasteiger partial charge in [0.15, 0.2) is 0 Å². The average molecular weight is 347 g/mol. The quantitative estimate of drug-likeness (QED) is 0.849. The molecule has 0 radical (unpaired) electrons. The summed E-state index contributed by atoms with van der Waals surface area (Å²) in [6, 6.07) is 7.09. The molecule has 6 nitrogen and oxygen atoms in total. The Bertz CT molecular complexity index is 809. The van der Waals surface area contributed by atoms with Gasteiger partial charge in [0.05, 0.1) is 11.4 Å². The second-order valence-electron chi connectivity index (χ2n) is 6.06. The summed E-state index contributed by atoms with van der Waals surface area (Å²) in [4.78, 5) is 8.26. The van der Waals surface area contributed by atoms with Crippen LogP contribution < -0.4 is 4.74 Å². The lowest BCUT2D eigenvalue weighted by Gasteiger charge is -2.32. The van der Waals surface area contributed by atoms with Crippen molar-refractivity contribution in [2.75, 3.05) is 13.1 Å². The second kappa shape index (κ2) is 6.86. The van der Waals surface area contributed by atoms with Crippen molar-refractivity contribution in [3.8, 4) is 5.88 Å². The first-order valence-corrected chi connectivity index (χ1v) is 9.41. The van der Waals surface area contributed by atoms with Crippen LogP contribution in [0.5, 0.6) is 5.88 Å². The van der Waals surface area contributed by atoms with Gasteiger partial charge in [0.1, 0.15) is 12.4 Å². The second-order valence-corrected chi connectivity index (χ2v) is 7.97. The van der Waals surface area contributed by atoms with E-state index >= 15 is 0 Å². The summed E-state index contributed by atoms with van der Waals surface area (Å²) in [5, 5.41) is 0. The van der Waals surface area contributed by atoms with Crippen LogP contribution in [0.2, 0.25) is 0 Å². The van der Waals surface area contributed by atoms with Crippen LogP contribution in [0.3, 0.4) is 0 Å². The van der Waals surface area contributed by atoms with Gasteiger partial charge in [0.25, 0.3) is 0 Å². The maximum atomic E-state index is 13.0. The normalized spacial score (nSPS) is 19.2. The summed E-state index contributed by atoms with van der Waals surface area (Å²) < 4.78 is 33.2. The number of rotatable bonds is 4. The lowest BCUT2D eigenvalue weighted by molar-refractivity contribution is 0.124. The van der Waals surface area contributed by atoms with E-state index in [-0.39, 0.29) is 6.10 Å². The van der Waals surface area contributed by atoms with Crippen LogP contribution in [0, 0.1) is 13.8 Å². The maximum absolute atomic E-state index is 13.0. The third kappa shape index (κ3) is 3.57. The van der Waals surface area contributed by atoms with E-state index < -0.39 is 10.0 Å². The topological polar surface area (TPSA) is 72.4 Å². The molecule has 0 bridgehead atoms. The van der Waals surface area contributed by atoms with Crippen molar-refractivity contribution in [3.63, 3.8) is 0 Å². The SMILES string of the molecule is Cc1ccc(S(=O)(=O)N2CCCC(Oc3ccncn3)C2)c(C)c1. The van der Waals surface area contributed by atoms with Gasteiger partial charge in [-0.1, -0.05) is 17.7 Å². The van der Waals surface area contributed by atoms with Gasteiger partial charge in [0.2, 0.25) is 15.9 Å². The van der Waals surface area contributed by atoms with Crippen molar-refractivity contribution in [2.45, 2.75) is 37.7 Å². The number of nitrogens with zero attached hydrogens (tertiary/aromatic N) is 3. The molecule has 0 N–H and O–H groups in total. The minimum atomic E-state index is -3.51. The molecule has 2 aromatic rings. The lowest BCUT2D eigenvalue weighted by Crippen LogP contribution is -2.44. The molecule has 1 aliphatic heterocycles. The van der Waals surface area contributed by atoms with Crippen LogP contribution in [0.15, 0.2) is 41.7 Å². The molecule has 0 spiro atoms. The van der Waals surface area contributed by atoms with Crippen LogP contribution in [-0.4, -0.2) is 41.9 Å². The van der Waals surface area contributed by atoms with Gasteiger partial charge >= 0.3 is 0 Å². The van der Waals surface area contributed by atoms with E-state index in [1.54, 1.807) is 18.3 Å². The van der Waals surface area contributed by atoms with Crippen molar-refractivity contribution < 1.29 is 13.2 Å². The summed E-state index contributed by atoms with van der Waals surface area (Å²) in [5.41, 5.74) is 1.82. The Morgan fingerprint density at radius 1 is 1.25 bits per heavy atom. The van der Waals surface area contributed by atoms with Crippen LogP contribution >= 0.6 is 0 Å². The Labute approximate surface area is 142 Å². The van der Waals surface area contributed by atoms with E-state index in [9.17, 15) is 8.42 Å². The minimum absolute atomic E-state index is 0.200. The predicted octanol–water partition coefficient (Wildman–Crippen LogP) is 2.33. The molecule has 24 heavy (non-hydrogen) atoms. The molecule has 0 amide bonds. The van der Waals surface area contributed by atoms with Crippen LogP contribution in [0.1, 0.15) is 24.0 Å². The molecule has 0 aliphatic carbocycles. The standard InChI is InChI=1S/C17H21N3O3S/c1-13-5-6-16(14(2)10-13)24(21,22)20-9-3-4-15(11-20)23-17-7-8-18-12-19-17/h5-8,10,12,15H,3-4,9,11H2,1-2H3. The maximum Gasteiger partial charge on any atom is 0.243 e. The largest absolute Gasteiger partial charge is 0.473 e. The first-order chi connectivity index (χ1) is 11.5. The van der Waals surface area contributed by atoms with E-state index in [1.807, 2.05) is 26.0 Å². The third-order valence-electron chi connectivity index (χ3n) is 4.13. The molecule has 128 valence electrons. The summed E-state index contributed by atoms with van der Waals surface area (Å²) >= 11 is 0. The molecular formula is C17H21N3O3S. The summed E-state index contributed by atoms with van der Waals surface area (Å²) in [5.74, 6) is 0.473. The van der Waals surface area contributed by atoms with Gasteiger partial charge in [-0.3, -0.25) is 0 Å². The molecule has 1 fully saturated rings. The summed E-state index contributed by atoms with van der Waals surface area (Å²) in [7, 11) is -3.51. The predicted molar refractivity (Wildman–Crippen MR) is 90.4 cm³/mol. The molecule has 1 aliphatic rings. The Morgan fingerprint density at radius 2 is 2.08 bits per heavy atom. The van der Waals surface area contributed by atoms with E-state index in [2.05, 4.69) is 9.97 Å². The highest BCUT2D eigenvalue weighted by molar-refractivity contribution is 7.89. The first kappa shape index (κ1) is 16.9. The van der Waals surface area contributed by atoms with Crippen LogP contribution in [0.4, 0.5) is 0 Å². The molecular weight excluding hydrogens is 326 g/mol. The molecule has 7 heteroatoms. The highest BCUT2D eigenvalue weighted by atomic mass is 32.2. The number of ether oxygens (including phenoxy) is 1. The molecule has 2 heterocycles. The zero-order valence-electron chi connectivity index (χ0n) is 13.8. The number of piperidine rings is 1. The highest BCUT2D eigenvalue weighted by Gasteiger charge is 2.32. The lowest BCUT2D eigenvalue weighted by atomic mass is 10.1. The Balaban J connectivity index is 1.78. The zero-order chi connectivity index (χ0) is 17.2. The monoisotopic (exact) mass is 347 g/mol. The Morgan fingerprint density at radius 3 is 2.79 bits per heavy atom. The van der Waals surface area contributed by atoms with E-state index in [4.69, 9.17) is 4.74 Å². The molecule has 3 rings (SSSR count). The van der Waals surface area contributed by atoms with E-state index in [0.717, 1.165) is 24.0 Å². The van der Waals surface area contributed by atoms with Gasteiger partial charge in [-0.2, -0.15) is 4.31 Å². The third-order valence-corrected chi connectivity index (χ3v) is 6.16. The fourth-order valence-electron chi connectivity index (χ4n) is 2.97. The zero-order valence-corrected chi connectivity index (χ0v) is 14.7. The Kier molecular flexibility index (Phi) is 4.82. The molecule has 1 unspecified atom stereocenters. The first-order valence-electron chi connectivity index (χ1n) is 7.97. The molecule has 1 atom stereocenters. The van der Waals surface area contributed by atoms with Gasteiger partial charge in [-0.05, 0) is 38.3 Å². The van der Waals surface area contributed by atoms with Gasteiger partial charge in [0, 0.05) is 18.8 Å². The van der Waals surface area contributed by atoms with Crippen LogP contribution in [-0.2, 0) is 10.0 Å². The average Bonchev–Trinajstić information content (AvgIpc) is 2.56. The highest BCUT2D eigenvalue weighted by Crippen LogP contribution is 2.25. The molecule has 1 saturated heterocycles. The summed E-state index contributed by atoms with van der Waals surface area (Å²) in [6.07, 6.45) is 4.40. The fourth-order valence-corrected chi connectivity index (χ4v) is 4.68. The number of hydrogen-bond acceptors (Lipinski definition) is 5. The number of aryl methyl sites for hydroxylation is 2. The number of hydrogen-bond donors (Lipinski definition) is 0. The smallest absolute Gasteiger partial charge is 0.243 e. The van der Waals surface area contributed by atoms with E-state index in [0.29, 0.717) is 23.9 Å². The van der Waals surface area contributed by atoms with Gasteiger partial charge < -0.3 is 4.74 Å². The van der Waals surface area contributed by atoms with Crippen LogP contribution in [0.25, 0.3) is 0 Å². The molecule has 0 saturated carbocycles. The van der Waals surface area contributed by atoms with E-state index in [1.165, 1.54) is 10.6 Å². The molecule has 1 aromatic heterocycles. The van der Waals surface area contributed by atoms with Crippen molar-refractivity contribution in [3.05, 3.63) is 47.9 Å². The Hall–Kier alpha value is -1.99. The van der Waals surface area contributed by atoms with Crippen molar-refractivity contribution >= 4 is 10.0 Å². The summed E-state index contributed by atoms with van der Waals surface area (Å²) in [6.45, 7) is 4.63. The minimum Gasteiger partial charge on any atom is -0.473 e. The number of aromatic nitrogens is 2.